The Balaban J connectivity index is 3.26. The molecule has 0 spiro atoms. The number of hydrogen-bond acceptors (Lipinski definition) is 9. The lowest BCUT2D eigenvalue weighted by molar-refractivity contribution is -0.146. The average Bonchev–Trinajstić information content (AvgIpc) is 2.73. The summed E-state index contributed by atoms with van der Waals surface area (Å²) in [5.41, 5.74) is 0. The van der Waals surface area contributed by atoms with Crippen molar-refractivity contribution in [2.45, 2.75) is 45.7 Å². The van der Waals surface area contributed by atoms with Gasteiger partial charge in [-0.3, -0.25) is 38.8 Å². The molecule has 1 saturated heterocycles. The summed E-state index contributed by atoms with van der Waals surface area (Å²) in [5, 5.41) is 38.4. The number of nitrogens with zero attached hydrogens (tertiary/aromatic N) is 4. The summed E-state index contributed by atoms with van der Waals surface area (Å²) >= 11 is 0. The smallest absolute Gasteiger partial charge is 0.321 e. The molecule has 1 heterocycles. The lowest BCUT2D eigenvalue weighted by atomic mass is 10.0. The van der Waals surface area contributed by atoms with Crippen molar-refractivity contribution in [3.05, 3.63) is 0 Å². The monoisotopic (exact) mass is 516 g/mol. The molecule has 13 heteroatoms. The third-order valence-electron chi connectivity index (χ3n) is 6.31. The van der Waals surface area contributed by atoms with Gasteiger partial charge in [0.05, 0.1) is 13.1 Å². The zero-order valence-electron chi connectivity index (χ0n) is 21.3. The molecule has 2 unspecified atom stereocenters. The fraction of sp³-hybridized carbons (Fsp3) is 0.783. The highest BCUT2D eigenvalue weighted by molar-refractivity contribution is 5.78. The molecule has 13 nitrogen and oxygen atoms in total. The number of carboxylic acid groups (broad SMARTS) is 4. The number of ketones is 1. The fourth-order valence-corrected chi connectivity index (χ4v) is 4.48. The highest BCUT2D eigenvalue weighted by Gasteiger charge is 2.31. The summed E-state index contributed by atoms with van der Waals surface area (Å²) in [6.07, 6.45) is 0.164. The van der Waals surface area contributed by atoms with Gasteiger partial charge in [-0.05, 0) is 19.3 Å². The molecule has 0 bridgehead atoms. The number of carbonyl (C=O) groups is 5. The Kier molecular flexibility index (Phi) is 13.5. The van der Waals surface area contributed by atoms with E-state index in [1.54, 1.807) is 33.4 Å². The molecule has 1 aliphatic heterocycles. The van der Waals surface area contributed by atoms with Crippen LogP contribution in [0, 0.1) is 5.92 Å². The molecule has 0 aromatic rings. The van der Waals surface area contributed by atoms with Gasteiger partial charge >= 0.3 is 23.9 Å². The van der Waals surface area contributed by atoms with E-state index < -0.39 is 36.0 Å². The zero-order valence-corrected chi connectivity index (χ0v) is 21.3. The van der Waals surface area contributed by atoms with Crippen molar-refractivity contribution in [1.29, 1.82) is 0 Å². The molecule has 0 aliphatic carbocycles. The topological polar surface area (TPSA) is 179 Å². The van der Waals surface area contributed by atoms with E-state index in [2.05, 4.69) is 0 Å². The van der Waals surface area contributed by atoms with Gasteiger partial charge in [-0.25, -0.2) is 0 Å². The van der Waals surface area contributed by atoms with E-state index in [1.807, 2.05) is 0 Å². The number of hydrogen-bond donors (Lipinski definition) is 4. The lowest BCUT2D eigenvalue weighted by Crippen LogP contribution is -2.54. The van der Waals surface area contributed by atoms with E-state index in [4.69, 9.17) is 0 Å². The molecular weight excluding hydrogens is 476 g/mol. The van der Waals surface area contributed by atoms with Crippen LogP contribution in [0.2, 0.25) is 0 Å². The minimum absolute atomic E-state index is 0.0753. The van der Waals surface area contributed by atoms with E-state index >= 15 is 0 Å². The minimum atomic E-state index is -1.11. The van der Waals surface area contributed by atoms with Crippen molar-refractivity contribution >= 4 is 29.7 Å². The Morgan fingerprint density at radius 2 is 1.08 bits per heavy atom. The molecule has 0 aromatic heterocycles. The van der Waals surface area contributed by atoms with E-state index in [9.17, 15) is 44.4 Å². The van der Waals surface area contributed by atoms with E-state index in [-0.39, 0.29) is 90.0 Å². The van der Waals surface area contributed by atoms with Crippen LogP contribution in [-0.4, -0.2) is 147 Å². The second-order valence-electron chi connectivity index (χ2n) is 9.53. The maximum Gasteiger partial charge on any atom is 0.321 e. The molecule has 0 radical (unpaired) electrons. The van der Waals surface area contributed by atoms with E-state index in [0.29, 0.717) is 0 Å². The van der Waals surface area contributed by atoms with Crippen LogP contribution in [-0.2, 0) is 24.0 Å². The molecule has 4 N–H and O–H groups in total. The fourth-order valence-electron chi connectivity index (χ4n) is 4.48. The van der Waals surface area contributed by atoms with Crippen molar-refractivity contribution in [2.24, 2.45) is 5.92 Å². The maximum atomic E-state index is 12.0. The Labute approximate surface area is 211 Å². The normalized spacial score (nSPS) is 19.7. The predicted octanol–water partition coefficient (Wildman–Crippen LogP) is -0.691. The summed E-state index contributed by atoms with van der Waals surface area (Å²) in [6, 6.07) is -1.81. The van der Waals surface area contributed by atoms with Gasteiger partial charge in [0.15, 0.2) is 0 Å². The van der Waals surface area contributed by atoms with Gasteiger partial charge in [-0.15, -0.1) is 0 Å². The maximum absolute atomic E-state index is 12.0. The predicted molar refractivity (Wildman–Crippen MR) is 129 cm³/mol. The van der Waals surface area contributed by atoms with Crippen molar-refractivity contribution < 1.29 is 44.4 Å². The first-order valence-corrected chi connectivity index (χ1v) is 12.1. The molecular formula is C23H40N4O9. The van der Waals surface area contributed by atoms with Gasteiger partial charge in [0, 0.05) is 58.8 Å². The van der Waals surface area contributed by atoms with Gasteiger partial charge in [0.2, 0.25) is 0 Å². The quantitative estimate of drug-likeness (QED) is 0.256. The molecule has 0 saturated carbocycles. The Morgan fingerprint density at radius 3 is 1.39 bits per heavy atom. The number of Topliss-reactive ketones (excluding diaryl/α,β-unsaturated/α-hetero) is 1. The highest BCUT2D eigenvalue weighted by atomic mass is 16.4. The average molecular weight is 517 g/mol. The van der Waals surface area contributed by atoms with Crippen LogP contribution in [0.15, 0.2) is 0 Å². The van der Waals surface area contributed by atoms with Gasteiger partial charge in [-0.2, -0.15) is 0 Å². The summed E-state index contributed by atoms with van der Waals surface area (Å²) in [5.74, 6) is -4.60. The van der Waals surface area contributed by atoms with Crippen LogP contribution >= 0.6 is 0 Å². The third kappa shape index (κ3) is 11.4. The van der Waals surface area contributed by atoms with Gasteiger partial charge in [-0.1, -0.05) is 13.8 Å². The molecule has 36 heavy (non-hydrogen) atoms. The molecule has 0 amide bonds. The standard InChI is InChI=1S/C23H40N4O9/c1-16(2)21(23(35)36)27-12-8-24(14-19(29)30)6-10-26(18(22(33)34)5-4-17(3)28)11-7-25(9-13-27)15-20(31)32/h16,18,21H,4-15H2,1-3H3,(H,29,30)(H,31,32)(H,33,34)(H,35,36). The summed E-state index contributed by atoms with van der Waals surface area (Å²) in [7, 11) is 0. The van der Waals surface area contributed by atoms with Crippen LogP contribution in [0.3, 0.4) is 0 Å². The Hall–Kier alpha value is -2.61. The van der Waals surface area contributed by atoms with Gasteiger partial charge in [0.1, 0.15) is 17.9 Å². The summed E-state index contributed by atoms with van der Waals surface area (Å²) in [6.45, 7) is 6.12. The third-order valence-corrected chi connectivity index (χ3v) is 6.31. The molecule has 0 aromatic carbocycles. The second-order valence-corrected chi connectivity index (χ2v) is 9.53. The first-order valence-electron chi connectivity index (χ1n) is 12.1. The second kappa shape index (κ2) is 15.5. The highest BCUT2D eigenvalue weighted by Crippen LogP contribution is 2.14. The lowest BCUT2D eigenvalue weighted by Gasteiger charge is -2.37. The molecule has 1 aliphatic rings. The van der Waals surface area contributed by atoms with Crippen LogP contribution < -0.4 is 0 Å². The van der Waals surface area contributed by atoms with Crippen molar-refractivity contribution in [3.63, 3.8) is 0 Å². The van der Waals surface area contributed by atoms with Crippen LogP contribution in [0.1, 0.15) is 33.6 Å². The number of rotatable bonds is 12. The molecule has 1 fully saturated rings. The molecule has 2 atom stereocenters. The molecule has 1 rings (SSSR count). The van der Waals surface area contributed by atoms with Gasteiger partial charge < -0.3 is 25.2 Å². The summed E-state index contributed by atoms with van der Waals surface area (Å²) in [4.78, 5) is 65.1. The minimum Gasteiger partial charge on any atom is -0.480 e. The zero-order chi connectivity index (χ0) is 27.4. The SMILES string of the molecule is CC(=O)CCC(C(=O)O)N1CCN(CC(=O)O)CCN(C(C(=O)O)C(C)C)CCN(CC(=O)O)CC1. The van der Waals surface area contributed by atoms with Crippen LogP contribution in [0.4, 0.5) is 0 Å². The Morgan fingerprint density at radius 1 is 0.667 bits per heavy atom. The van der Waals surface area contributed by atoms with Crippen LogP contribution in [0.5, 0.6) is 0 Å². The number of aliphatic carboxylic acids is 4. The number of carboxylic acids is 4. The van der Waals surface area contributed by atoms with Crippen LogP contribution in [0.25, 0.3) is 0 Å². The summed E-state index contributed by atoms with van der Waals surface area (Å²) < 4.78 is 0. The van der Waals surface area contributed by atoms with Gasteiger partial charge in [0.25, 0.3) is 0 Å². The Bertz CT molecular complexity index is 745. The first-order chi connectivity index (χ1) is 16.8. The van der Waals surface area contributed by atoms with Crippen molar-refractivity contribution in [3.8, 4) is 0 Å². The first kappa shape index (κ1) is 31.4. The van der Waals surface area contributed by atoms with E-state index in [1.165, 1.54) is 6.92 Å². The van der Waals surface area contributed by atoms with Crippen molar-refractivity contribution in [2.75, 3.05) is 65.4 Å². The molecule has 206 valence electrons. The van der Waals surface area contributed by atoms with E-state index in [0.717, 1.165) is 0 Å². The van der Waals surface area contributed by atoms with Crippen molar-refractivity contribution in [1.82, 2.24) is 19.6 Å². The number of carbonyl (C=O) groups excluding carboxylic acids is 1. The largest absolute Gasteiger partial charge is 0.480 e.